The first-order valence-corrected chi connectivity index (χ1v) is 40.5. The molecule has 0 amide bonds. The third-order valence-corrected chi connectivity index (χ3v) is 28.4. The quantitative estimate of drug-likeness (QED) is 0.118. The molecule has 480 valence electrons. The van der Waals surface area contributed by atoms with Crippen molar-refractivity contribution in [2.45, 2.75) is 19.3 Å². The molecule has 0 atom stereocenters. The molecule has 0 N–H and O–H groups in total. The van der Waals surface area contributed by atoms with E-state index in [0.717, 1.165) is 75.4 Å². The minimum absolute atomic E-state index is 0.361. The van der Waals surface area contributed by atoms with E-state index in [9.17, 15) is 0 Å². The first kappa shape index (κ1) is 59.3. The highest BCUT2D eigenvalue weighted by molar-refractivity contribution is 14.2. The van der Waals surface area contributed by atoms with Crippen molar-refractivity contribution in [3.63, 3.8) is 0 Å². The SMILES string of the molecule is C=I1=C(c2ccccc2)N=C(n2c3c4ccccc4ccc3c3c4ccccc4c4ccccc4c32)N=C1c1ccc2c(c1)C(C)(C)c1cc(-c3ccc4ccc5c(c4c3)c3c4ccccc4c4ccccc4c3n5C3=NC(c4ccccc4)=IC(c4ccc(-c5ccccc5)cc4)=N3)ccc1-2. The molecule has 3 aliphatic rings. The van der Waals surface area contributed by atoms with Crippen LogP contribution in [0.3, 0.4) is 0 Å². The first-order chi connectivity index (χ1) is 50.3. The fourth-order valence-corrected chi connectivity index (χ4v) is 22.9. The average Bonchev–Trinajstić information content (AvgIpc) is 1.54. The largest absolute Gasteiger partial charge is 0.277 e. The van der Waals surface area contributed by atoms with Crippen LogP contribution in [0.5, 0.6) is 0 Å². The summed E-state index contributed by atoms with van der Waals surface area (Å²) in [6, 6.07) is 116. The van der Waals surface area contributed by atoms with Gasteiger partial charge in [-0.25, -0.2) is 20.0 Å². The summed E-state index contributed by atoms with van der Waals surface area (Å²) in [4.78, 5) is 23.1. The summed E-state index contributed by atoms with van der Waals surface area (Å²) in [5.41, 5.74) is 18.3. The van der Waals surface area contributed by atoms with Crippen molar-refractivity contribution >= 4 is 179 Å². The molecule has 16 aromatic carbocycles. The molecule has 102 heavy (non-hydrogen) atoms. The van der Waals surface area contributed by atoms with Crippen LogP contribution < -0.4 is 0 Å². The molecule has 21 rings (SSSR count). The number of hydrogen-bond donors (Lipinski definition) is 0. The van der Waals surface area contributed by atoms with E-state index < -0.39 is 39.6 Å². The lowest BCUT2D eigenvalue weighted by Gasteiger charge is -2.23. The molecule has 18 aromatic rings. The van der Waals surface area contributed by atoms with E-state index >= 15 is 0 Å². The topological polar surface area (TPSA) is 59.3 Å². The Morgan fingerprint density at radius 3 is 1.44 bits per heavy atom. The molecule has 0 saturated heterocycles. The predicted molar refractivity (Wildman–Crippen MR) is 454 cm³/mol. The molecule has 4 heterocycles. The second kappa shape index (κ2) is 23.0. The van der Waals surface area contributed by atoms with Crippen molar-refractivity contribution in [2.24, 2.45) is 20.0 Å². The van der Waals surface area contributed by atoms with Crippen LogP contribution in [-0.4, -0.2) is 40.3 Å². The number of nitrogens with zero attached hydrogens (tertiary/aromatic N) is 6. The van der Waals surface area contributed by atoms with Gasteiger partial charge in [-0.2, -0.15) is 0 Å². The molecule has 0 bridgehead atoms. The third kappa shape index (κ3) is 8.98. The monoisotopic (exact) mass is 1530 g/mol. The van der Waals surface area contributed by atoms with Crippen molar-refractivity contribution in [3.8, 4) is 33.4 Å². The summed E-state index contributed by atoms with van der Waals surface area (Å²) in [5.74, 6) is 1.33. The molecule has 1 aliphatic carbocycles. The van der Waals surface area contributed by atoms with E-state index in [2.05, 4.69) is 338 Å². The Morgan fingerprint density at radius 2 is 0.775 bits per heavy atom. The number of aromatic nitrogens is 2. The number of halogens is 2. The number of rotatable bonds is 6. The van der Waals surface area contributed by atoms with Gasteiger partial charge in [0, 0.05) is 65.4 Å². The van der Waals surface area contributed by atoms with E-state index in [-0.39, 0.29) is 5.41 Å². The van der Waals surface area contributed by atoms with Gasteiger partial charge in [0.05, 0.1) is 22.1 Å². The molecule has 0 radical (unpaired) electrons. The fraction of sp³-hybridized carbons (Fsp3) is 0.0319. The normalized spacial score (nSPS) is 14.6. The van der Waals surface area contributed by atoms with Crippen LogP contribution in [0.25, 0.3) is 142 Å². The van der Waals surface area contributed by atoms with Crippen LogP contribution in [0.1, 0.15) is 47.2 Å². The Bertz CT molecular complexity index is 7000. The van der Waals surface area contributed by atoms with Crippen LogP contribution in [0.4, 0.5) is 0 Å². The number of benzene rings is 16. The first-order valence-electron chi connectivity index (χ1n) is 34.6. The zero-order valence-electron chi connectivity index (χ0n) is 55.7. The van der Waals surface area contributed by atoms with Crippen LogP contribution in [0.2, 0.25) is 0 Å². The molecule has 8 heteroatoms. The molecule has 0 spiro atoms. The highest BCUT2D eigenvalue weighted by Crippen LogP contribution is 2.52. The summed E-state index contributed by atoms with van der Waals surface area (Å²) in [6.07, 6.45) is 0. The lowest BCUT2D eigenvalue weighted by atomic mass is 9.81. The van der Waals surface area contributed by atoms with Crippen LogP contribution in [0.15, 0.2) is 335 Å². The van der Waals surface area contributed by atoms with Gasteiger partial charge in [-0.05, 0) is 138 Å². The van der Waals surface area contributed by atoms with Crippen molar-refractivity contribution in [1.29, 1.82) is 0 Å². The van der Waals surface area contributed by atoms with Crippen LogP contribution in [0, 0.1) is 0 Å². The van der Waals surface area contributed by atoms with Gasteiger partial charge in [0.15, 0.2) is 0 Å². The minimum Gasteiger partial charge on any atom is -0.277 e. The van der Waals surface area contributed by atoms with Gasteiger partial charge in [0.25, 0.3) is 0 Å². The third-order valence-electron chi connectivity index (χ3n) is 21.4. The average molecular weight is 1530 g/mol. The summed E-state index contributed by atoms with van der Waals surface area (Å²) in [5, 5.41) is 19.1. The number of aliphatic imine (C=N–C) groups is 4. The molecular formula is C94H60I2N6. The maximum absolute atomic E-state index is 5.89. The van der Waals surface area contributed by atoms with Crippen molar-refractivity contribution in [3.05, 3.63) is 349 Å². The zero-order chi connectivity index (χ0) is 67.5. The summed E-state index contributed by atoms with van der Waals surface area (Å²) in [6.45, 7) is 4.81. The Labute approximate surface area is 604 Å². The van der Waals surface area contributed by atoms with Crippen molar-refractivity contribution < 1.29 is 0 Å². The Kier molecular flexibility index (Phi) is 13.4. The molecule has 2 aromatic heterocycles. The van der Waals surface area contributed by atoms with Gasteiger partial charge in [-0.15, -0.1) is 0 Å². The highest BCUT2D eigenvalue weighted by Gasteiger charge is 2.37. The molecule has 0 fully saturated rings. The van der Waals surface area contributed by atoms with E-state index in [4.69, 9.17) is 24.5 Å². The molecule has 0 unspecified atom stereocenters. The summed E-state index contributed by atoms with van der Waals surface area (Å²) < 4.78 is 14.2. The van der Waals surface area contributed by atoms with E-state index in [1.165, 1.54) is 114 Å². The lowest BCUT2D eigenvalue weighted by molar-refractivity contribution is 0.660. The smallest absolute Gasteiger partial charge is 0.236 e. The van der Waals surface area contributed by atoms with Gasteiger partial charge in [0.2, 0.25) is 11.9 Å². The van der Waals surface area contributed by atoms with Crippen LogP contribution in [-0.2, 0) is 5.41 Å². The van der Waals surface area contributed by atoms with Gasteiger partial charge in [0.1, 0.15) is 14.7 Å². The van der Waals surface area contributed by atoms with Crippen molar-refractivity contribution in [1.82, 2.24) is 9.13 Å². The maximum Gasteiger partial charge on any atom is 0.236 e. The van der Waals surface area contributed by atoms with Gasteiger partial charge < -0.3 is 0 Å². The van der Waals surface area contributed by atoms with E-state index in [1.54, 1.807) is 0 Å². The van der Waals surface area contributed by atoms with Crippen molar-refractivity contribution in [2.75, 3.05) is 0 Å². The van der Waals surface area contributed by atoms with Crippen LogP contribution >= 0.6 is 39.6 Å². The molecule has 0 saturated carbocycles. The van der Waals surface area contributed by atoms with Gasteiger partial charge in [-0.3, -0.25) is 9.13 Å². The fourth-order valence-electron chi connectivity index (χ4n) is 16.7. The number of fused-ring (bicyclic) bond motifs is 23. The molecule has 2 aliphatic heterocycles. The van der Waals surface area contributed by atoms with Gasteiger partial charge in [-0.1, -0.05) is 328 Å². The van der Waals surface area contributed by atoms with E-state index in [0.29, 0.717) is 11.9 Å². The standard InChI is InChI=1S/C94H60I2N6/c1-94(2)79-54-64(46-49-71(79)72-50-47-65(55-80(72)94)91-96(3)90(62-28-11-6-12-29-62)99-93(100-91)102-85-66-30-14-13-25-58(66)45-51-77(85)82-73-35-19-15-31-67(73)69-33-17-21-37-75(69)86(82)102)63-44-41-59-48-52-81-83(78(59)53-63)84-74-36-20-16-32-68(74)70-34-18-22-38-76(70)87(84)101(81)92-97-88(60-26-9-5-10-27-60)95-89(98-92)61-42-39-57(40-43-61)56-23-7-4-8-24-56/h4-55H,3H2,1-2H3. The zero-order valence-corrected chi connectivity index (χ0v) is 60.0. The number of hydrogen-bond acceptors (Lipinski definition) is 4. The highest BCUT2D eigenvalue weighted by atomic mass is 127. The Morgan fingerprint density at radius 1 is 0.314 bits per heavy atom. The summed E-state index contributed by atoms with van der Waals surface area (Å²) >= 11 is -3.33. The lowest BCUT2D eigenvalue weighted by Crippen LogP contribution is -2.19. The Hall–Kier alpha value is -11.6. The predicted octanol–water partition coefficient (Wildman–Crippen LogP) is 24.1. The molecular weight excluding hydrogens is 1470 g/mol. The van der Waals surface area contributed by atoms with Gasteiger partial charge >= 0.3 is 0 Å². The molecule has 6 nitrogen and oxygen atoms in total. The van der Waals surface area contributed by atoms with E-state index in [1.807, 2.05) is 0 Å². The maximum atomic E-state index is 5.89. The second-order valence-corrected chi connectivity index (χ2v) is 34.1. The summed E-state index contributed by atoms with van der Waals surface area (Å²) in [7, 11) is 0. The Balaban J connectivity index is 0.722. The minimum atomic E-state index is -2.56. The second-order valence-electron chi connectivity index (χ2n) is 27.4.